The van der Waals surface area contributed by atoms with Gasteiger partial charge in [-0.1, -0.05) is 19.9 Å². The minimum absolute atomic E-state index is 0.114. The highest BCUT2D eigenvalue weighted by Crippen LogP contribution is 2.32. The summed E-state index contributed by atoms with van der Waals surface area (Å²) in [5.41, 5.74) is 1.61. The number of nitrogens with zero attached hydrogens (tertiary/aromatic N) is 3. The van der Waals surface area contributed by atoms with E-state index in [0.29, 0.717) is 12.2 Å². The Hall–Kier alpha value is -2.80. The van der Waals surface area contributed by atoms with Gasteiger partial charge in [0.2, 0.25) is 0 Å². The fourth-order valence-corrected chi connectivity index (χ4v) is 3.91. The fraction of sp³-hybridized carbons (Fsp3) is 0.300. The molecular formula is C20H22N4O2S. The van der Waals surface area contributed by atoms with Crippen LogP contribution >= 0.6 is 11.3 Å². The molecule has 0 fully saturated rings. The number of carboxylic acid groups (broad SMARTS) is 1. The monoisotopic (exact) mass is 382 g/mol. The number of anilines is 2. The molecular weight excluding hydrogens is 360 g/mol. The van der Waals surface area contributed by atoms with Crippen molar-refractivity contribution in [3.05, 3.63) is 53.3 Å². The van der Waals surface area contributed by atoms with Crippen molar-refractivity contribution in [2.75, 3.05) is 5.32 Å². The van der Waals surface area contributed by atoms with E-state index in [1.165, 1.54) is 0 Å². The van der Waals surface area contributed by atoms with E-state index in [4.69, 9.17) is 5.11 Å². The van der Waals surface area contributed by atoms with E-state index < -0.39 is 5.97 Å². The van der Waals surface area contributed by atoms with Crippen molar-refractivity contribution in [2.24, 2.45) is 5.41 Å². The number of nitrogens with one attached hydrogen (secondary N) is 1. The molecule has 0 aliphatic rings. The first-order valence-corrected chi connectivity index (χ1v) is 9.46. The van der Waals surface area contributed by atoms with Crippen molar-refractivity contribution >= 4 is 28.9 Å². The smallest absolute Gasteiger partial charge is 0.303 e. The second-order valence-corrected chi connectivity index (χ2v) is 8.40. The van der Waals surface area contributed by atoms with Crippen LogP contribution in [0.4, 0.5) is 11.6 Å². The lowest BCUT2D eigenvalue weighted by atomic mass is 9.86. The summed E-state index contributed by atoms with van der Waals surface area (Å²) in [6.45, 7) is 5.90. The van der Waals surface area contributed by atoms with Gasteiger partial charge in [-0.3, -0.25) is 4.79 Å². The van der Waals surface area contributed by atoms with E-state index in [1.54, 1.807) is 23.7 Å². The van der Waals surface area contributed by atoms with Gasteiger partial charge in [0.25, 0.3) is 0 Å². The summed E-state index contributed by atoms with van der Waals surface area (Å²) in [5.74, 6) is 0.675. The Kier molecular flexibility index (Phi) is 5.51. The van der Waals surface area contributed by atoms with Crippen molar-refractivity contribution in [3.63, 3.8) is 0 Å². The van der Waals surface area contributed by atoms with Crippen molar-refractivity contribution < 1.29 is 9.90 Å². The Morgan fingerprint density at radius 2 is 2.04 bits per heavy atom. The van der Waals surface area contributed by atoms with Gasteiger partial charge in [-0.25, -0.2) is 15.0 Å². The van der Waals surface area contributed by atoms with E-state index >= 15 is 0 Å². The fourth-order valence-electron chi connectivity index (χ4n) is 2.77. The van der Waals surface area contributed by atoms with Gasteiger partial charge in [-0.2, -0.15) is 0 Å². The number of pyridine rings is 2. The number of rotatable bonds is 7. The molecule has 6 nitrogen and oxygen atoms in total. The molecule has 0 aliphatic carbocycles. The summed E-state index contributed by atoms with van der Waals surface area (Å²) < 4.78 is 0. The van der Waals surface area contributed by atoms with Gasteiger partial charge < -0.3 is 10.4 Å². The highest BCUT2D eigenvalue weighted by Gasteiger charge is 2.24. The first-order valence-electron chi connectivity index (χ1n) is 8.64. The predicted octanol–water partition coefficient (Wildman–Crippen LogP) is 4.70. The van der Waals surface area contributed by atoms with Crippen LogP contribution in [0.3, 0.4) is 0 Å². The zero-order valence-corrected chi connectivity index (χ0v) is 16.4. The molecule has 140 valence electrons. The normalized spacial score (nSPS) is 11.4. The maximum Gasteiger partial charge on any atom is 0.303 e. The number of hydrogen-bond acceptors (Lipinski definition) is 6. The molecule has 0 amide bonds. The Bertz CT molecular complexity index is 952. The van der Waals surface area contributed by atoms with Crippen LogP contribution in [0.2, 0.25) is 0 Å². The molecule has 0 saturated carbocycles. The van der Waals surface area contributed by atoms with Crippen LogP contribution in [0.5, 0.6) is 0 Å². The largest absolute Gasteiger partial charge is 0.481 e. The summed E-state index contributed by atoms with van der Waals surface area (Å²) in [6.07, 6.45) is 4.29. The van der Waals surface area contributed by atoms with Gasteiger partial charge >= 0.3 is 5.97 Å². The Morgan fingerprint density at radius 3 is 2.78 bits per heavy atom. The molecule has 2 N–H and O–H groups in total. The van der Waals surface area contributed by atoms with Crippen LogP contribution in [0, 0.1) is 12.3 Å². The lowest BCUT2D eigenvalue weighted by Crippen LogP contribution is -2.19. The van der Waals surface area contributed by atoms with Crippen LogP contribution in [0.15, 0.2) is 42.7 Å². The molecule has 7 heteroatoms. The average Bonchev–Trinajstić information content (AvgIpc) is 3.01. The SMILES string of the molecule is Cc1ccnc(Nc2cccc(-c3cnc(CC(C)(C)CC(=O)O)s3)n2)c1. The zero-order valence-electron chi connectivity index (χ0n) is 15.6. The summed E-state index contributed by atoms with van der Waals surface area (Å²) in [4.78, 5) is 25.4. The molecule has 3 aromatic rings. The van der Waals surface area contributed by atoms with Gasteiger partial charge in [0.1, 0.15) is 11.6 Å². The Balaban J connectivity index is 1.76. The van der Waals surface area contributed by atoms with E-state index in [-0.39, 0.29) is 11.8 Å². The zero-order chi connectivity index (χ0) is 19.4. The summed E-state index contributed by atoms with van der Waals surface area (Å²) in [7, 11) is 0. The van der Waals surface area contributed by atoms with Gasteiger partial charge in [-0.15, -0.1) is 11.3 Å². The number of hydrogen-bond donors (Lipinski definition) is 2. The molecule has 0 bridgehead atoms. The van der Waals surface area contributed by atoms with Gasteiger partial charge in [0.15, 0.2) is 0 Å². The quantitative estimate of drug-likeness (QED) is 0.616. The first-order chi connectivity index (χ1) is 12.8. The van der Waals surface area contributed by atoms with Crippen molar-refractivity contribution in [3.8, 4) is 10.6 Å². The third kappa shape index (κ3) is 5.34. The highest BCUT2D eigenvalue weighted by molar-refractivity contribution is 7.15. The van der Waals surface area contributed by atoms with Crippen LogP contribution in [0.25, 0.3) is 10.6 Å². The van der Waals surface area contributed by atoms with Crippen LogP contribution < -0.4 is 5.32 Å². The molecule has 27 heavy (non-hydrogen) atoms. The van der Waals surface area contributed by atoms with E-state index in [2.05, 4.69) is 20.3 Å². The molecule has 0 spiro atoms. The molecule has 3 rings (SSSR count). The van der Waals surface area contributed by atoms with Gasteiger partial charge in [0.05, 0.1) is 22.0 Å². The standard InChI is InChI=1S/C20H22N4O2S/c1-13-7-8-21-17(9-13)24-16-6-4-5-14(23-16)15-12-22-18(27-15)10-20(2,3)11-19(25)26/h4-9,12H,10-11H2,1-3H3,(H,25,26)(H,21,23,24). The molecule has 0 unspecified atom stereocenters. The van der Waals surface area contributed by atoms with Gasteiger partial charge in [0, 0.05) is 18.8 Å². The minimum atomic E-state index is -0.790. The Morgan fingerprint density at radius 1 is 1.22 bits per heavy atom. The topological polar surface area (TPSA) is 88.0 Å². The second kappa shape index (κ2) is 7.84. The predicted molar refractivity (Wildman–Crippen MR) is 107 cm³/mol. The van der Waals surface area contributed by atoms with Crippen LogP contribution in [-0.2, 0) is 11.2 Å². The first kappa shape index (κ1) is 19.0. The summed E-state index contributed by atoms with van der Waals surface area (Å²) in [5, 5.41) is 13.2. The van der Waals surface area contributed by atoms with E-state index in [1.807, 2.05) is 51.1 Å². The maximum absolute atomic E-state index is 11.0. The number of carbonyl (C=O) groups is 1. The van der Waals surface area contributed by atoms with E-state index in [9.17, 15) is 4.79 Å². The minimum Gasteiger partial charge on any atom is -0.481 e. The molecule has 0 atom stereocenters. The highest BCUT2D eigenvalue weighted by atomic mass is 32.1. The Labute approximate surface area is 162 Å². The maximum atomic E-state index is 11.0. The van der Waals surface area contributed by atoms with E-state index in [0.717, 1.165) is 27.0 Å². The number of carboxylic acids is 1. The number of aromatic nitrogens is 3. The van der Waals surface area contributed by atoms with Crippen LogP contribution in [-0.4, -0.2) is 26.0 Å². The molecule has 0 aliphatic heterocycles. The summed E-state index contributed by atoms with van der Waals surface area (Å²) >= 11 is 1.55. The van der Waals surface area contributed by atoms with Crippen molar-refractivity contribution in [1.29, 1.82) is 0 Å². The molecule has 3 heterocycles. The van der Waals surface area contributed by atoms with Gasteiger partial charge in [-0.05, 0) is 42.2 Å². The average molecular weight is 382 g/mol. The second-order valence-electron chi connectivity index (χ2n) is 7.28. The van der Waals surface area contributed by atoms with Crippen LogP contribution in [0.1, 0.15) is 30.8 Å². The summed E-state index contributed by atoms with van der Waals surface area (Å²) in [6, 6.07) is 9.68. The van der Waals surface area contributed by atoms with Crippen molar-refractivity contribution in [2.45, 2.75) is 33.6 Å². The number of aliphatic carboxylic acids is 1. The lowest BCUT2D eigenvalue weighted by molar-refractivity contribution is -0.139. The third-order valence-corrected chi connectivity index (χ3v) is 5.01. The molecule has 0 aromatic carbocycles. The molecule has 0 radical (unpaired) electrons. The number of thiazole rings is 1. The van der Waals surface area contributed by atoms with Crippen molar-refractivity contribution in [1.82, 2.24) is 15.0 Å². The molecule has 0 saturated heterocycles. The molecule has 3 aromatic heterocycles. The number of aryl methyl sites for hydroxylation is 1. The lowest BCUT2D eigenvalue weighted by Gasteiger charge is -2.20. The third-order valence-electron chi connectivity index (χ3n) is 3.99.